The zero-order valence-corrected chi connectivity index (χ0v) is 12.6. The van der Waals surface area contributed by atoms with Gasteiger partial charge in [-0.05, 0) is 39.7 Å². The van der Waals surface area contributed by atoms with E-state index < -0.39 is 5.60 Å². The van der Waals surface area contributed by atoms with Crippen LogP contribution in [0.2, 0.25) is 0 Å². The van der Waals surface area contributed by atoms with Crippen molar-refractivity contribution in [2.75, 3.05) is 5.33 Å². The molecule has 0 aliphatic heterocycles. The molecular formula is C14H21BrO2. The molecule has 1 unspecified atom stereocenters. The molecule has 0 heterocycles. The Hall–Kier alpha value is -0.380. The van der Waals surface area contributed by atoms with Crippen LogP contribution in [-0.4, -0.2) is 10.9 Å². The lowest BCUT2D eigenvalue weighted by Crippen LogP contribution is -2.31. The number of alkyl halides is 1. The van der Waals surface area contributed by atoms with E-state index in [1.807, 2.05) is 39.0 Å². The van der Waals surface area contributed by atoms with Gasteiger partial charge in [-0.25, -0.2) is 9.78 Å². The summed E-state index contributed by atoms with van der Waals surface area (Å²) < 4.78 is 0. The average molecular weight is 301 g/mol. The van der Waals surface area contributed by atoms with Crippen LogP contribution in [0.25, 0.3) is 0 Å². The summed E-state index contributed by atoms with van der Waals surface area (Å²) in [7, 11) is 0. The number of hydrogen-bond donors (Lipinski definition) is 0. The van der Waals surface area contributed by atoms with Crippen molar-refractivity contribution < 1.29 is 9.78 Å². The molecule has 1 rings (SSSR count). The monoisotopic (exact) mass is 300 g/mol. The Labute approximate surface area is 112 Å². The lowest BCUT2D eigenvalue weighted by Gasteiger charge is -2.31. The van der Waals surface area contributed by atoms with Crippen LogP contribution in [0.15, 0.2) is 30.3 Å². The Balaban J connectivity index is 2.82. The molecule has 1 atom stereocenters. The topological polar surface area (TPSA) is 18.5 Å². The summed E-state index contributed by atoms with van der Waals surface area (Å²) in [5.41, 5.74) is 0.407. The van der Waals surface area contributed by atoms with Gasteiger partial charge in [0, 0.05) is 5.33 Å². The Morgan fingerprint density at radius 3 is 2.06 bits per heavy atom. The van der Waals surface area contributed by atoms with Crippen LogP contribution in [0, 0.1) is 0 Å². The zero-order chi connectivity index (χ0) is 12.9. The predicted octanol–water partition coefficient (Wildman–Crippen LogP) is 4.43. The van der Waals surface area contributed by atoms with Gasteiger partial charge in [0.25, 0.3) is 0 Å². The van der Waals surface area contributed by atoms with Gasteiger partial charge in [0.2, 0.25) is 0 Å². The van der Waals surface area contributed by atoms with E-state index in [1.165, 1.54) is 0 Å². The molecule has 0 aliphatic rings. The zero-order valence-electron chi connectivity index (χ0n) is 11.0. The average Bonchev–Trinajstić information content (AvgIpc) is 2.27. The van der Waals surface area contributed by atoms with Gasteiger partial charge in [0.1, 0.15) is 5.60 Å². The van der Waals surface area contributed by atoms with Crippen LogP contribution >= 0.6 is 15.9 Å². The second kappa shape index (κ2) is 5.98. The fourth-order valence-corrected chi connectivity index (χ4v) is 2.18. The van der Waals surface area contributed by atoms with Crippen molar-refractivity contribution in [2.45, 2.75) is 45.3 Å². The van der Waals surface area contributed by atoms with E-state index in [0.717, 1.165) is 17.3 Å². The Morgan fingerprint density at radius 2 is 1.59 bits per heavy atom. The summed E-state index contributed by atoms with van der Waals surface area (Å²) in [6.45, 7) is 7.99. The Bertz CT molecular complexity index is 332. The quantitative estimate of drug-likeness (QED) is 0.455. The molecule has 1 aromatic rings. The molecule has 17 heavy (non-hydrogen) atoms. The lowest BCUT2D eigenvalue weighted by molar-refractivity contribution is -0.406. The fraction of sp³-hybridized carbons (Fsp3) is 0.571. The number of halogens is 1. The van der Waals surface area contributed by atoms with Crippen molar-refractivity contribution in [3.05, 3.63) is 35.9 Å². The van der Waals surface area contributed by atoms with E-state index in [2.05, 4.69) is 35.0 Å². The van der Waals surface area contributed by atoms with Gasteiger partial charge in [-0.1, -0.05) is 46.3 Å². The van der Waals surface area contributed by atoms with Gasteiger partial charge in [0.05, 0.1) is 5.60 Å². The molecule has 0 aliphatic carbocycles. The van der Waals surface area contributed by atoms with Crippen molar-refractivity contribution in [1.29, 1.82) is 0 Å². The first kappa shape index (κ1) is 14.7. The van der Waals surface area contributed by atoms with E-state index >= 15 is 0 Å². The van der Waals surface area contributed by atoms with E-state index in [9.17, 15) is 0 Å². The molecular weight excluding hydrogens is 280 g/mol. The Morgan fingerprint density at radius 1 is 1.00 bits per heavy atom. The predicted molar refractivity (Wildman–Crippen MR) is 74.1 cm³/mol. The molecule has 96 valence electrons. The van der Waals surface area contributed by atoms with Gasteiger partial charge in [-0.2, -0.15) is 0 Å². The third kappa shape index (κ3) is 4.78. The largest absolute Gasteiger partial charge is 0.230 e. The summed E-state index contributed by atoms with van der Waals surface area (Å²) >= 11 is 3.47. The molecule has 0 saturated heterocycles. The molecule has 0 amide bonds. The van der Waals surface area contributed by atoms with Crippen molar-refractivity contribution in [2.24, 2.45) is 0 Å². The molecule has 0 N–H and O–H groups in total. The highest BCUT2D eigenvalue weighted by Crippen LogP contribution is 2.31. The Kier molecular flexibility index (Phi) is 5.17. The van der Waals surface area contributed by atoms with Crippen LogP contribution in [0.4, 0.5) is 0 Å². The third-order valence-electron chi connectivity index (χ3n) is 2.43. The van der Waals surface area contributed by atoms with Crippen molar-refractivity contribution in [1.82, 2.24) is 0 Å². The molecule has 0 bridgehead atoms. The highest BCUT2D eigenvalue weighted by molar-refractivity contribution is 9.09. The maximum absolute atomic E-state index is 5.69. The summed E-state index contributed by atoms with van der Waals surface area (Å²) in [6.07, 6.45) is 0.854. The van der Waals surface area contributed by atoms with E-state index in [-0.39, 0.29) is 5.60 Å². The lowest BCUT2D eigenvalue weighted by atomic mass is 9.93. The van der Waals surface area contributed by atoms with E-state index in [4.69, 9.17) is 9.78 Å². The molecule has 0 fully saturated rings. The second-order valence-electron chi connectivity index (χ2n) is 5.31. The van der Waals surface area contributed by atoms with Crippen LogP contribution < -0.4 is 0 Å². The van der Waals surface area contributed by atoms with Gasteiger partial charge in [0.15, 0.2) is 0 Å². The molecule has 1 aromatic carbocycles. The van der Waals surface area contributed by atoms with E-state index in [1.54, 1.807) is 0 Å². The molecule has 3 heteroatoms. The number of benzene rings is 1. The first-order valence-electron chi connectivity index (χ1n) is 5.86. The van der Waals surface area contributed by atoms with Crippen LogP contribution in [-0.2, 0) is 15.4 Å². The highest BCUT2D eigenvalue weighted by Gasteiger charge is 2.30. The van der Waals surface area contributed by atoms with Gasteiger partial charge in [-0.15, -0.1) is 0 Å². The van der Waals surface area contributed by atoms with Gasteiger partial charge in [-0.3, -0.25) is 0 Å². The molecule has 0 saturated carbocycles. The molecule has 0 aromatic heterocycles. The van der Waals surface area contributed by atoms with Crippen LogP contribution in [0.5, 0.6) is 0 Å². The summed E-state index contributed by atoms with van der Waals surface area (Å²) in [6, 6.07) is 10.2. The second-order valence-corrected chi connectivity index (χ2v) is 6.11. The number of hydrogen-bond acceptors (Lipinski definition) is 2. The summed E-state index contributed by atoms with van der Waals surface area (Å²) in [5.74, 6) is 0. The first-order chi connectivity index (χ1) is 7.87. The smallest absolute Gasteiger partial charge is 0.126 e. The molecule has 2 nitrogen and oxygen atoms in total. The molecule has 0 radical (unpaired) electrons. The van der Waals surface area contributed by atoms with Gasteiger partial charge < -0.3 is 0 Å². The highest BCUT2D eigenvalue weighted by atomic mass is 79.9. The van der Waals surface area contributed by atoms with Crippen molar-refractivity contribution in [3.8, 4) is 0 Å². The third-order valence-corrected chi connectivity index (χ3v) is 2.83. The SMILES string of the molecule is CC(C)(C)OOC(C)(CCBr)c1ccccc1. The fourth-order valence-electron chi connectivity index (χ4n) is 1.42. The molecule has 0 spiro atoms. The van der Waals surface area contributed by atoms with Gasteiger partial charge >= 0.3 is 0 Å². The summed E-state index contributed by atoms with van der Waals surface area (Å²) in [5, 5.41) is 0.867. The van der Waals surface area contributed by atoms with Crippen LogP contribution in [0.1, 0.15) is 39.7 Å². The minimum Gasteiger partial charge on any atom is -0.230 e. The first-order valence-corrected chi connectivity index (χ1v) is 6.98. The maximum Gasteiger partial charge on any atom is 0.126 e. The minimum atomic E-state index is -0.419. The van der Waals surface area contributed by atoms with Crippen molar-refractivity contribution >= 4 is 15.9 Å². The van der Waals surface area contributed by atoms with E-state index in [0.29, 0.717) is 0 Å². The normalized spacial score (nSPS) is 15.6. The number of rotatable bonds is 5. The van der Waals surface area contributed by atoms with Crippen molar-refractivity contribution in [3.63, 3.8) is 0 Å². The standard InChI is InChI=1S/C14H21BrO2/c1-13(2,3)16-17-14(4,10-11-15)12-8-6-5-7-9-12/h5-9H,10-11H2,1-4H3. The summed E-state index contributed by atoms with van der Waals surface area (Å²) in [4.78, 5) is 11.2. The maximum atomic E-state index is 5.69. The van der Waals surface area contributed by atoms with Crippen LogP contribution in [0.3, 0.4) is 0 Å². The minimum absolute atomic E-state index is 0.303.